The van der Waals surface area contributed by atoms with E-state index in [2.05, 4.69) is 10.6 Å². The number of fused-ring (bicyclic) bond motifs is 1. The second-order valence-electron chi connectivity index (χ2n) is 8.30. The summed E-state index contributed by atoms with van der Waals surface area (Å²) in [5.41, 5.74) is 0.476. The number of aryl methyl sites for hydroxylation is 1. The standard InChI is InChI=1S/C24H27N3O5/c1-16(8-9-17-6-4-3-5-7-17)25-21(28)15-27-22(29)24(2,26-23(27)30)18-10-11-19-20(14-18)32-13-12-31-19/h3-7,10-11,14,16H,8-9,12-13,15H2,1-2H3,(H,25,28)(H,26,30). The summed E-state index contributed by atoms with van der Waals surface area (Å²) in [5.74, 6) is 0.272. The average molecular weight is 437 g/mol. The van der Waals surface area contributed by atoms with Gasteiger partial charge in [0.25, 0.3) is 5.91 Å². The van der Waals surface area contributed by atoms with E-state index in [1.54, 1.807) is 25.1 Å². The van der Waals surface area contributed by atoms with E-state index in [-0.39, 0.29) is 18.5 Å². The van der Waals surface area contributed by atoms with E-state index >= 15 is 0 Å². The zero-order valence-electron chi connectivity index (χ0n) is 18.2. The van der Waals surface area contributed by atoms with E-state index in [4.69, 9.17) is 9.47 Å². The van der Waals surface area contributed by atoms with Gasteiger partial charge in [-0.2, -0.15) is 0 Å². The Labute approximate surface area is 186 Å². The fourth-order valence-electron chi connectivity index (χ4n) is 3.95. The quantitative estimate of drug-likeness (QED) is 0.649. The smallest absolute Gasteiger partial charge is 0.325 e. The molecule has 8 nitrogen and oxygen atoms in total. The highest BCUT2D eigenvalue weighted by Crippen LogP contribution is 2.36. The first-order valence-electron chi connectivity index (χ1n) is 10.7. The van der Waals surface area contributed by atoms with E-state index in [0.29, 0.717) is 30.3 Å². The first-order chi connectivity index (χ1) is 15.4. The summed E-state index contributed by atoms with van der Waals surface area (Å²) in [6.45, 7) is 4.08. The van der Waals surface area contributed by atoms with Crippen LogP contribution in [0.1, 0.15) is 31.4 Å². The lowest BCUT2D eigenvalue weighted by Crippen LogP contribution is -2.45. The molecule has 2 aromatic rings. The Bertz CT molecular complexity index is 1030. The van der Waals surface area contributed by atoms with Crippen LogP contribution in [0, 0.1) is 0 Å². The van der Waals surface area contributed by atoms with Crippen LogP contribution in [0.4, 0.5) is 4.79 Å². The zero-order chi connectivity index (χ0) is 22.7. The Balaban J connectivity index is 1.37. The number of amides is 4. The summed E-state index contributed by atoms with van der Waals surface area (Å²) in [6, 6.07) is 14.5. The number of nitrogens with zero attached hydrogens (tertiary/aromatic N) is 1. The molecule has 2 heterocycles. The van der Waals surface area contributed by atoms with Crippen molar-refractivity contribution in [2.24, 2.45) is 0 Å². The summed E-state index contributed by atoms with van der Waals surface area (Å²) in [5, 5.41) is 5.60. The Morgan fingerprint density at radius 3 is 2.59 bits per heavy atom. The van der Waals surface area contributed by atoms with Crippen molar-refractivity contribution in [3.05, 3.63) is 59.7 Å². The predicted octanol–water partition coefficient (Wildman–Crippen LogP) is 2.36. The lowest BCUT2D eigenvalue weighted by Gasteiger charge is -2.25. The molecule has 2 aliphatic heterocycles. The summed E-state index contributed by atoms with van der Waals surface area (Å²) in [7, 11) is 0. The molecule has 0 bridgehead atoms. The summed E-state index contributed by atoms with van der Waals surface area (Å²) < 4.78 is 11.1. The van der Waals surface area contributed by atoms with Gasteiger partial charge in [-0.1, -0.05) is 36.4 Å². The van der Waals surface area contributed by atoms with Gasteiger partial charge in [-0.25, -0.2) is 4.79 Å². The number of hydrogen-bond acceptors (Lipinski definition) is 5. The number of ether oxygens (including phenoxy) is 2. The minimum Gasteiger partial charge on any atom is -0.486 e. The highest BCUT2D eigenvalue weighted by atomic mass is 16.6. The maximum absolute atomic E-state index is 13.1. The molecule has 0 aromatic heterocycles. The Morgan fingerprint density at radius 2 is 1.84 bits per heavy atom. The van der Waals surface area contributed by atoms with Gasteiger partial charge in [0.2, 0.25) is 5.91 Å². The number of carbonyl (C=O) groups excluding carboxylic acids is 3. The van der Waals surface area contributed by atoms with Crippen molar-refractivity contribution in [2.75, 3.05) is 19.8 Å². The third kappa shape index (κ3) is 4.39. The summed E-state index contributed by atoms with van der Waals surface area (Å²) >= 11 is 0. The molecule has 1 saturated heterocycles. The molecule has 8 heteroatoms. The van der Waals surface area contributed by atoms with Crippen molar-refractivity contribution in [3.8, 4) is 11.5 Å². The molecule has 4 rings (SSSR count). The Kier molecular flexibility index (Phi) is 6.03. The topological polar surface area (TPSA) is 97.0 Å². The van der Waals surface area contributed by atoms with Gasteiger partial charge in [-0.3, -0.25) is 14.5 Å². The van der Waals surface area contributed by atoms with E-state index in [0.717, 1.165) is 17.7 Å². The molecule has 0 aliphatic carbocycles. The Morgan fingerprint density at radius 1 is 1.12 bits per heavy atom. The first kappa shape index (κ1) is 21.7. The van der Waals surface area contributed by atoms with Crippen molar-refractivity contribution < 1.29 is 23.9 Å². The molecule has 0 radical (unpaired) electrons. The van der Waals surface area contributed by atoms with Crippen LogP contribution in [0.2, 0.25) is 0 Å². The molecule has 168 valence electrons. The fraction of sp³-hybridized carbons (Fsp3) is 0.375. The molecule has 2 unspecified atom stereocenters. The molecule has 32 heavy (non-hydrogen) atoms. The number of rotatable bonds is 7. The average Bonchev–Trinajstić information content (AvgIpc) is 3.02. The number of nitrogens with one attached hydrogen (secondary N) is 2. The van der Waals surface area contributed by atoms with Gasteiger partial charge in [-0.15, -0.1) is 0 Å². The van der Waals surface area contributed by atoms with Gasteiger partial charge in [0.1, 0.15) is 25.3 Å². The van der Waals surface area contributed by atoms with Gasteiger partial charge in [0, 0.05) is 6.04 Å². The number of carbonyl (C=O) groups is 3. The van der Waals surface area contributed by atoms with Crippen LogP contribution in [0.25, 0.3) is 0 Å². The van der Waals surface area contributed by atoms with E-state index in [9.17, 15) is 14.4 Å². The molecule has 1 fully saturated rings. The third-order valence-electron chi connectivity index (χ3n) is 5.81. The predicted molar refractivity (Wildman–Crippen MR) is 117 cm³/mol. The van der Waals surface area contributed by atoms with Crippen LogP contribution in [0.3, 0.4) is 0 Å². The van der Waals surface area contributed by atoms with Crippen molar-refractivity contribution in [3.63, 3.8) is 0 Å². The first-order valence-corrected chi connectivity index (χ1v) is 10.7. The maximum Gasteiger partial charge on any atom is 0.325 e. The SMILES string of the molecule is CC(CCc1ccccc1)NC(=O)CN1C(=O)NC(C)(c2ccc3c(c2)OCCO3)C1=O. The molecular weight excluding hydrogens is 410 g/mol. The van der Waals surface area contributed by atoms with Crippen LogP contribution in [0.15, 0.2) is 48.5 Å². The summed E-state index contributed by atoms with van der Waals surface area (Å²) in [4.78, 5) is 39.2. The molecule has 0 saturated carbocycles. The molecule has 2 atom stereocenters. The number of imide groups is 1. The zero-order valence-corrected chi connectivity index (χ0v) is 18.2. The second-order valence-corrected chi connectivity index (χ2v) is 8.30. The monoisotopic (exact) mass is 437 g/mol. The van der Waals surface area contributed by atoms with Gasteiger partial charge in [-0.05, 0) is 49.9 Å². The van der Waals surface area contributed by atoms with Crippen LogP contribution in [0.5, 0.6) is 11.5 Å². The van der Waals surface area contributed by atoms with E-state index in [1.807, 2.05) is 37.3 Å². The highest BCUT2D eigenvalue weighted by molar-refractivity contribution is 6.09. The lowest BCUT2D eigenvalue weighted by atomic mass is 9.91. The van der Waals surface area contributed by atoms with Crippen LogP contribution in [-0.2, 0) is 21.5 Å². The lowest BCUT2D eigenvalue weighted by molar-refractivity contribution is -0.135. The van der Waals surface area contributed by atoms with Gasteiger partial charge >= 0.3 is 6.03 Å². The maximum atomic E-state index is 13.1. The molecular formula is C24H27N3O5. The highest BCUT2D eigenvalue weighted by Gasteiger charge is 2.49. The molecule has 2 aliphatic rings. The minimum absolute atomic E-state index is 0.0901. The number of urea groups is 1. The third-order valence-corrected chi connectivity index (χ3v) is 5.81. The van der Waals surface area contributed by atoms with Crippen molar-refractivity contribution in [1.82, 2.24) is 15.5 Å². The number of benzene rings is 2. The Hall–Kier alpha value is -3.55. The molecule has 2 N–H and O–H groups in total. The number of hydrogen-bond donors (Lipinski definition) is 2. The minimum atomic E-state index is -1.29. The van der Waals surface area contributed by atoms with Crippen LogP contribution in [-0.4, -0.2) is 48.5 Å². The molecule has 0 spiro atoms. The van der Waals surface area contributed by atoms with Crippen molar-refractivity contribution in [1.29, 1.82) is 0 Å². The van der Waals surface area contributed by atoms with Gasteiger partial charge < -0.3 is 20.1 Å². The largest absolute Gasteiger partial charge is 0.486 e. The van der Waals surface area contributed by atoms with Crippen molar-refractivity contribution in [2.45, 2.75) is 38.3 Å². The van der Waals surface area contributed by atoms with Gasteiger partial charge in [0.15, 0.2) is 11.5 Å². The van der Waals surface area contributed by atoms with Crippen LogP contribution < -0.4 is 20.1 Å². The molecule has 4 amide bonds. The van der Waals surface area contributed by atoms with E-state index in [1.165, 1.54) is 5.56 Å². The van der Waals surface area contributed by atoms with E-state index < -0.39 is 17.5 Å². The molecule has 2 aromatic carbocycles. The van der Waals surface area contributed by atoms with Crippen LogP contribution >= 0.6 is 0 Å². The van der Waals surface area contributed by atoms with Crippen molar-refractivity contribution >= 4 is 17.8 Å². The summed E-state index contributed by atoms with van der Waals surface area (Å²) in [6.07, 6.45) is 1.58. The second kappa shape index (κ2) is 8.90. The van der Waals surface area contributed by atoms with Gasteiger partial charge in [0.05, 0.1) is 0 Å². The normalized spacial score (nSPS) is 20.6. The fourth-order valence-corrected chi connectivity index (χ4v) is 3.95.